The number of aromatic nitrogens is 2. The van der Waals surface area contributed by atoms with E-state index in [-0.39, 0.29) is 5.91 Å². The Morgan fingerprint density at radius 2 is 2.30 bits per heavy atom. The Bertz CT molecular complexity index is 569. The van der Waals surface area contributed by atoms with Crippen molar-refractivity contribution in [2.75, 3.05) is 18.9 Å². The Kier molecular flexibility index (Phi) is 5.01. The molecule has 106 valence electrons. The van der Waals surface area contributed by atoms with Crippen LogP contribution in [0.15, 0.2) is 36.9 Å². The van der Waals surface area contributed by atoms with Gasteiger partial charge in [-0.3, -0.25) is 4.79 Å². The summed E-state index contributed by atoms with van der Waals surface area (Å²) in [7, 11) is 1.78. The van der Waals surface area contributed by atoms with Crippen LogP contribution >= 0.6 is 11.6 Å². The summed E-state index contributed by atoms with van der Waals surface area (Å²) in [6.45, 7) is 1.43. The third-order valence-corrected chi connectivity index (χ3v) is 3.17. The van der Waals surface area contributed by atoms with E-state index in [1.54, 1.807) is 37.8 Å². The highest BCUT2D eigenvalue weighted by Crippen LogP contribution is 2.20. The zero-order valence-electron chi connectivity index (χ0n) is 11.3. The van der Waals surface area contributed by atoms with Crippen molar-refractivity contribution in [2.45, 2.75) is 13.0 Å². The molecular weight excluding hydrogens is 276 g/mol. The van der Waals surface area contributed by atoms with Gasteiger partial charge in [0.25, 0.3) is 5.91 Å². The second kappa shape index (κ2) is 6.96. The number of aryl methyl sites for hydroxylation is 1. The number of nitrogens with one attached hydrogen (secondary N) is 2. The highest BCUT2D eigenvalue weighted by molar-refractivity contribution is 6.31. The van der Waals surface area contributed by atoms with Crippen molar-refractivity contribution in [3.8, 4) is 0 Å². The van der Waals surface area contributed by atoms with Gasteiger partial charge >= 0.3 is 0 Å². The van der Waals surface area contributed by atoms with Crippen molar-refractivity contribution >= 4 is 23.2 Å². The molecule has 0 aliphatic carbocycles. The van der Waals surface area contributed by atoms with Crippen molar-refractivity contribution in [1.29, 1.82) is 0 Å². The first-order valence-electron chi connectivity index (χ1n) is 6.42. The van der Waals surface area contributed by atoms with Gasteiger partial charge in [0.05, 0.1) is 11.9 Å². The molecule has 2 aromatic rings. The molecule has 2 N–H and O–H groups in total. The molecule has 0 aliphatic heterocycles. The summed E-state index contributed by atoms with van der Waals surface area (Å²) in [5, 5.41) is 6.43. The largest absolute Gasteiger partial charge is 0.387 e. The van der Waals surface area contributed by atoms with Gasteiger partial charge in [0, 0.05) is 43.2 Å². The molecule has 1 aromatic heterocycles. The standard InChI is InChI=1S/C14H17ClN4O/c1-16-13-4-3-11(15)9-12(13)14(20)18-5-2-7-19-8-6-17-10-19/h3-4,6,8-10,16H,2,5,7H2,1H3,(H,18,20). The molecule has 0 saturated heterocycles. The number of benzene rings is 1. The van der Waals surface area contributed by atoms with Gasteiger partial charge < -0.3 is 15.2 Å². The van der Waals surface area contributed by atoms with E-state index in [9.17, 15) is 4.79 Å². The summed E-state index contributed by atoms with van der Waals surface area (Å²) in [5.74, 6) is -0.123. The average Bonchev–Trinajstić information content (AvgIpc) is 2.96. The number of halogens is 1. The topological polar surface area (TPSA) is 59.0 Å². The van der Waals surface area contributed by atoms with Crippen LogP contribution in [0.25, 0.3) is 0 Å². The Morgan fingerprint density at radius 3 is 3.00 bits per heavy atom. The van der Waals surface area contributed by atoms with Gasteiger partial charge in [0.15, 0.2) is 0 Å². The highest BCUT2D eigenvalue weighted by Gasteiger charge is 2.10. The zero-order chi connectivity index (χ0) is 14.4. The highest BCUT2D eigenvalue weighted by atomic mass is 35.5. The third kappa shape index (κ3) is 3.74. The second-order valence-electron chi connectivity index (χ2n) is 4.35. The molecular formula is C14H17ClN4O. The van der Waals surface area contributed by atoms with E-state index in [2.05, 4.69) is 15.6 Å². The van der Waals surface area contributed by atoms with Gasteiger partial charge in [-0.05, 0) is 24.6 Å². The van der Waals surface area contributed by atoms with Crippen LogP contribution in [0.3, 0.4) is 0 Å². The zero-order valence-corrected chi connectivity index (χ0v) is 12.0. The fourth-order valence-electron chi connectivity index (χ4n) is 1.90. The summed E-state index contributed by atoms with van der Waals surface area (Å²) >= 11 is 5.93. The number of anilines is 1. The Morgan fingerprint density at radius 1 is 1.45 bits per heavy atom. The van der Waals surface area contributed by atoms with E-state index in [0.29, 0.717) is 17.1 Å². The first-order chi connectivity index (χ1) is 9.70. The van der Waals surface area contributed by atoms with Crippen LogP contribution in [0.4, 0.5) is 5.69 Å². The lowest BCUT2D eigenvalue weighted by molar-refractivity contribution is 0.0953. The number of carbonyl (C=O) groups excluding carboxylic acids is 1. The van der Waals surface area contributed by atoms with E-state index in [1.165, 1.54) is 0 Å². The molecule has 1 amide bonds. The average molecular weight is 293 g/mol. The summed E-state index contributed by atoms with van der Waals surface area (Å²) in [6.07, 6.45) is 6.25. The van der Waals surface area contributed by atoms with Crippen LogP contribution in [0.1, 0.15) is 16.8 Å². The Balaban J connectivity index is 1.87. The fourth-order valence-corrected chi connectivity index (χ4v) is 2.07. The van der Waals surface area contributed by atoms with Crippen molar-refractivity contribution in [1.82, 2.24) is 14.9 Å². The minimum Gasteiger partial charge on any atom is -0.387 e. The molecule has 0 aliphatic rings. The summed E-state index contributed by atoms with van der Waals surface area (Å²) in [4.78, 5) is 16.1. The van der Waals surface area contributed by atoms with Crippen LogP contribution in [0, 0.1) is 0 Å². The molecule has 0 unspecified atom stereocenters. The van der Waals surface area contributed by atoms with Gasteiger partial charge in [-0.15, -0.1) is 0 Å². The molecule has 0 radical (unpaired) electrons. The number of carbonyl (C=O) groups is 1. The van der Waals surface area contributed by atoms with Crippen molar-refractivity contribution in [3.63, 3.8) is 0 Å². The summed E-state index contributed by atoms with van der Waals surface area (Å²) in [6, 6.07) is 5.21. The predicted molar refractivity (Wildman–Crippen MR) is 80.2 cm³/mol. The molecule has 6 heteroatoms. The van der Waals surface area contributed by atoms with E-state index < -0.39 is 0 Å². The van der Waals surface area contributed by atoms with Crippen LogP contribution in [-0.4, -0.2) is 29.1 Å². The molecule has 20 heavy (non-hydrogen) atoms. The van der Waals surface area contributed by atoms with Gasteiger partial charge in [-0.1, -0.05) is 11.6 Å². The van der Waals surface area contributed by atoms with Crippen LogP contribution in [0.2, 0.25) is 5.02 Å². The van der Waals surface area contributed by atoms with E-state index >= 15 is 0 Å². The van der Waals surface area contributed by atoms with E-state index in [0.717, 1.165) is 18.7 Å². The molecule has 0 spiro atoms. The lowest BCUT2D eigenvalue weighted by Crippen LogP contribution is -2.26. The minimum absolute atomic E-state index is 0.123. The number of nitrogens with zero attached hydrogens (tertiary/aromatic N) is 2. The van der Waals surface area contributed by atoms with Crippen molar-refractivity contribution in [2.24, 2.45) is 0 Å². The summed E-state index contributed by atoms with van der Waals surface area (Å²) < 4.78 is 1.98. The molecule has 2 rings (SSSR count). The van der Waals surface area contributed by atoms with E-state index in [1.807, 2.05) is 10.8 Å². The smallest absolute Gasteiger partial charge is 0.253 e. The lowest BCUT2D eigenvalue weighted by Gasteiger charge is -2.10. The quantitative estimate of drug-likeness (QED) is 0.804. The third-order valence-electron chi connectivity index (χ3n) is 2.93. The van der Waals surface area contributed by atoms with Crippen LogP contribution in [-0.2, 0) is 6.54 Å². The van der Waals surface area contributed by atoms with Gasteiger partial charge in [0.1, 0.15) is 0 Å². The van der Waals surface area contributed by atoms with Gasteiger partial charge in [0.2, 0.25) is 0 Å². The molecule has 0 atom stereocenters. The molecule has 0 bridgehead atoms. The lowest BCUT2D eigenvalue weighted by atomic mass is 10.1. The number of amides is 1. The number of hydrogen-bond donors (Lipinski definition) is 2. The molecule has 0 saturated carbocycles. The minimum atomic E-state index is -0.123. The second-order valence-corrected chi connectivity index (χ2v) is 4.79. The van der Waals surface area contributed by atoms with Crippen molar-refractivity contribution < 1.29 is 4.79 Å². The van der Waals surface area contributed by atoms with Gasteiger partial charge in [-0.2, -0.15) is 0 Å². The number of hydrogen-bond acceptors (Lipinski definition) is 3. The molecule has 0 fully saturated rings. The maximum absolute atomic E-state index is 12.1. The molecule has 1 aromatic carbocycles. The first kappa shape index (κ1) is 14.4. The maximum Gasteiger partial charge on any atom is 0.253 e. The van der Waals surface area contributed by atoms with Crippen LogP contribution in [0.5, 0.6) is 0 Å². The predicted octanol–water partition coefficient (Wildman–Crippen LogP) is 2.40. The maximum atomic E-state index is 12.1. The van der Waals surface area contributed by atoms with Crippen molar-refractivity contribution in [3.05, 3.63) is 47.5 Å². The molecule has 5 nitrogen and oxygen atoms in total. The normalized spacial score (nSPS) is 10.3. The monoisotopic (exact) mass is 292 g/mol. The SMILES string of the molecule is CNc1ccc(Cl)cc1C(=O)NCCCn1ccnc1. The fraction of sp³-hybridized carbons (Fsp3) is 0.286. The van der Waals surface area contributed by atoms with E-state index in [4.69, 9.17) is 11.6 Å². The number of imidazole rings is 1. The number of rotatable bonds is 6. The first-order valence-corrected chi connectivity index (χ1v) is 6.80. The van der Waals surface area contributed by atoms with Gasteiger partial charge in [-0.25, -0.2) is 4.98 Å². The Hall–Kier alpha value is -2.01. The van der Waals surface area contributed by atoms with Crippen LogP contribution < -0.4 is 10.6 Å². The summed E-state index contributed by atoms with van der Waals surface area (Å²) in [5.41, 5.74) is 1.32. The molecule has 1 heterocycles. The Labute approximate surface area is 123 Å².